The van der Waals surface area contributed by atoms with E-state index < -0.39 is 20.0 Å². The van der Waals surface area contributed by atoms with Gasteiger partial charge >= 0.3 is 0 Å². The molecule has 0 aliphatic rings. The molecule has 20 heavy (non-hydrogen) atoms. The molecule has 2 heterocycles. The van der Waals surface area contributed by atoms with E-state index in [0.717, 1.165) is 0 Å². The third-order valence-electron chi connectivity index (χ3n) is 2.18. The van der Waals surface area contributed by atoms with E-state index in [4.69, 9.17) is 5.14 Å². The van der Waals surface area contributed by atoms with Crippen LogP contribution in [-0.2, 0) is 20.0 Å². The summed E-state index contributed by atoms with van der Waals surface area (Å²) in [6.07, 6.45) is 2.61. The van der Waals surface area contributed by atoms with Crippen LogP contribution in [0.25, 0.3) is 0 Å². The monoisotopic (exact) mass is 334 g/mol. The SMILES string of the molecule is Cc1nc(NS(=O)(=O)c2cccnc2)sc1S(N)(=O)=O. The van der Waals surface area contributed by atoms with Crippen LogP contribution in [0.5, 0.6) is 0 Å². The summed E-state index contributed by atoms with van der Waals surface area (Å²) in [4.78, 5) is 7.49. The molecule has 11 heteroatoms. The van der Waals surface area contributed by atoms with Crippen molar-refractivity contribution in [2.75, 3.05) is 4.72 Å². The summed E-state index contributed by atoms with van der Waals surface area (Å²) in [5.41, 5.74) is 0.140. The Bertz CT molecular complexity index is 827. The largest absolute Gasteiger partial charge is 0.265 e. The molecule has 0 saturated heterocycles. The molecular formula is C9H10N4O4S3. The number of thiazole rings is 1. The molecule has 0 saturated carbocycles. The maximum absolute atomic E-state index is 12.0. The van der Waals surface area contributed by atoms with Gasteiger partial charge in [0.15, 0.2) is 9.34 Å². The number of rotatable bonds is 4. The van der Waals surface area contributed by atoms with E-state index >= 15 is 0 Å². The number of nitrogens with two attached hydrogens (primary N) is 1. The normalized spacial score (nSPS) is 12.3. The zero-order valence-corrected chi connectivity index (χ0v) is 12.6. The van der Waals surface area contributed by atoms with Crippen molar-refractivity contribution in [1.82, 2.24) is 9.97 Å². The van der Waals surface area contributed by atoms with Gasteiger partial charge < -0.3 is 0 Å². The van der Waals surface area contributed by atoms with Gasteiger partial charge in [0, 0.05) is 12.4 Å². The molecule has 8 nitrogen and oxygen atoms in total. The molecule has 0 aliphatic carbocycles. The molecular weight excluding hydrogens is 324 g/mol. The molecule has 2 rings (SSSR count). The predicted octanol–water partition coefficient (Wildman–Crippen LogP) is 0.295. The van der Waals surface area contributed by atoms with Gasteiger partial charge in [-0.15, -0.1) is 0 Å². The van der Waals surface area contributed by atoms with Crippen molar-refractivity contribution in [3.63, 3.8) is 0 Å². The molecule has 0 aliphatic heterocycles. The van der Waals surface area contributed by atoms with E-state index in [1.165, 1.54) is 31.5 Å². The Hall–Kier alpha value is -1.56. The van der Waals surface area contributed by atoms with Gasteiger partial charge in [-0.1, -0.05) is 11.3 Å². The minimum Gasteiger partial charge on any atom is -0.263 e. The van der Waals surface area contributed by atoms with Gasteiger partial charge in [-0.2, -0.15) is 0 Å². The standard InChI is InChI=1S/C9H10N4O4S3/c1-6-8(19(10,14)15)18-9(12-6)13-20(16,17)7-3-2-4-11-5-7/h2-5H,1H3,(H,12,13)(H2,10,14,15). The third kappa shape index (κ3) is 3.12. The number of aryl methyl sites for hydroxylation is 1. The smallest absolute Gasteiger partial charge is 0.263 e. The molecule has 0 bridgehead atoms. The van der Waals surface area contributed by atoms with E-state index in [-0.39, 0.29) is 19.9 Å². The molecule has 0 amide bonds. The van der Waals surface area contributed by atoms with Crippen LogP contribution < -0.4 is 9.86 Å². The number of nitrogens with one attached hydrogen (secondary N) is 1. The first kappa shape index (κ1) is 14.8. The number of anilines is 1. The molecule has 0 radical (unpaired) electrons. The van der Waals surface area contributed by atoms with Crippen LogP contribution in [0.15, 0.2) is 33.6 Å². The number of sulfonamides is 2. The highest BCUT2D eigenvalue weighted by Crippen LogP contribution is 2.27. The van der Waals surface area contributed by atoms with Crippen molar-refractivity contribution in [3.8, 4) is 0 Å². The molecule has 2 aromatic heterocycles. The molecule has 0 atom stereocenters. The Morgan fingerprint density at radius 3 is 2.50 bits per heavy atom. The average Bonchev–Trinajstić information content (AvgIpc) is 2.70. The van der Waals surface area contributed by atoms with Crippen molar-refractivity contribution in [2.24, 2.45) is 5.14 Å². The molecule has 108 valence electrons. The molecule has 3 N–H and O–H groups in total. The van der Waals surface area contributed by atoms with Gasteiger partial charge in [-0.3, -0.25) is 9.71 Å². The molecule has 0 unspecified atom stereocenters. The van der Waals surface area contributed by atoms with Crippen molar-refractivity contribution in [1.29, 1.82) is 0 Å². The van der Waals surface area contributed by atoms with E-state index in [1.807, 2.05) is 0 Å². The van der Waals surface area contributed by atoms with Crippen molar-refractivity contribution in [3.05, 3.63) is 30.2 Å². The second kappa shape index (κ2) is 5.09. The van der Waals surface area contributed by atoms with Crippen LogP contribution in [0.3, 0.4) is 0 Å². The van der Waals surface area contributed by atoms with Crippen LogP contribution >= 0.6 is 11.3 Å². The summed E-state index contributed by atoms with van der Waals surface area (Å²) in [5, 5.41) is 4.93. The Balaban J connectivity index is 2.37. The van der Waals surface area contributed by atoms with E-state index in [2.05, 4.69) is 14.7 Å². The maximum Gasteiger partial charge on any atom is 0.265 e. The molecule has 2 aromatic rings. The number of nitrogens with zero attached hydrogens (tertiary/aromatic N) is 2. The lowest BCUT2D eigenvalue weighted by Gasteiger charge is -2.03. The van der Waals surface area contributed by atoms with Crippen molar-refractivity contribution < 1.29 is 16.8 Å². The first-order chi connectivity index (χ1) is 9.20. The number of primary sulfonamides is 1. The number of hydrogen-bond acceptors (Lipinski definition) is 7. The second-order valence-electron chi connectivity index (χ2n) is 3.73. The molecule has 0 aromatic carbocycles. The highest BCUT2D eigenvalue weighted by molar-refractivity contribution is 7.93. The van der Waals surface area contributed by atoms with Gasteiger partial charge in [0.05, 0.1) is 5.69 Å². The Morgan fingerprint density at radius 1 is 1.30 bits per heavy atom. The number of pyridine rings is 1. The highest BCUT2D eigenvalue weighted by atomic mass is 32.2. The summed E-state index contributed by atoms with van der Waals surface area (Å²) in [7, 11) is -7.79. The maximum atomic E-state index is 12.0. The summed E-state index contributed by atoms with van der Waals surface area (Å²) < 4.78 is 48.5. The summed E-state index contributed by atoms with van der Waals surface area (Å²) >= 11 is 0.653. The fourth-order valence-corrected chi connectivity index (χ4v) is 4.43. The topological polar surface area (TPSA) is 132 Å². The van der Waals surface area contributed by atoms with Crippen molar-refractivity contribution in [2.45, 2.75) is 16.0 Å². The van der Waals surface area contributed by atoms with Gasteiger partial charge in [-0.25, -0.2) is 27.0 Å². The van der Waals surface area contributed by atoms with Crippen LogP contribution in [0.4, 0.5) is 5.13 Å². The first-order valence-electron chi connectivity index (χ1n) is 5.13. The summed E-state index contributed by atoms with van der Waals surface area (Å²) in [5.74, 6) is 0. The Morgan fingerprint density at radius 2 is 2.00 bits per heavy atom. The van der Waals surface area contributed by atoms with Crippen molar-refractivity contribution >= 4 is 36.5 Å². The zero-order chi connectivity index (χ0) is 15.0. The van der Waals surface area contributed by atoms with Gasteiger partial charge in [0.2, 0.25) is 10.0 Å². The zero-order valence-electron chi connectivity index (χ0n) is 10.1. The van der Waals surface area contributed by atoms with E-state index in [9.17, 15) is 16.8 Å². The van der Waals surface area contributed by atoms with Crippen LogP contribution in [0.1, 0.15) is 5.69 Å². The summed E-state index contributed by atoms with van der Waals surface area (Å²) in [6, 6.07) is 2.83. The third-order valence-corrected chi connectivity index (χ3v) is 6.26. The predicted molar refractivity (Wildman–Crippen MR) is 73.3 cm³/mol. The minimum absolute atomic E-state index is 0.0509. The minimum atomic E-state index is -3.92. The molecule has 0 fully saturated rings. The van der Waals surface area contributed by atoms with Gasteiger partial charge in [0.1, 0.15) is 4.90 Å². The lowest BCUT2D eigenvalue weighted by atomic mass is 10.5. The van der Waals surface area contributed by atoms with E-state index in [0.29, 0.717) is 11.3 Å². The fraction of sp³-hybridized carbons (Fsp3) is 0.111. The van der Waals surface area contributed by atoms with E-state index in [1.54, 1.807) is 0 Å². The number of aromatic nitrogens is 2. The Kier molecular flexibility index (Phi) is 3.77. The van der Waals surface area contributed by atoms with Gasteiger partial charge in [-0.05, 0) is 19.1 Å². The fourth-order valence-electron chi connectivity index (χ4n) is 1.37. The van der Waals surface area contributed by atoms with Crippen LogP contribution in [-0.4, -0.2) is 26.8 Å². The summed E-state index contributed by atoms with van der Waals surface area (Å²) in [6.45, 7) is 1.43. The highest BCUT2D eigenvalue weighted by Gasteiger charge is 2.21. The lowest BCUT2D eigenvalue weighted by Crippen LogP contribution is -2.12. The average molecular weight is 334 g/mol. The quantitative estimate of drug-likeness (QED) is 0.826. The lowest BCUT2D eigenvalue weighted by molar-refractivity contribution is 0.598. The van der Waals surface area contributed by atoms with Crippen LogP contribution in [0, 0.1) is 6.92 Å². The number of hydrogen-bond donors (Lipinski definition) is 2. The first-order valence-corrected chi connectivity index (χ1v) is 8.98. The van der Waals surface area contributed by atoms with Crippen LogP contribution in [0.2, 0.25) is 0 Å². The molecule has 0 spiro atoms. The van der Waals surface area contributed by atoms with Gasteiger partial charge in [0.25, 0.3) is 10.0 Å². The second-order valence-corrected chi connectivity index (χ2v) is 8.17. The Labute approximate surface area is 119 Å².